The number of piperazine rings is 1. The van der Waals surface area contributed by atoms with Crippen LogP contribution in [0.2, 0.25) is 0 Å². The molecule has 2 heterocycles. The number of benzene rings is 1. The molecule has 2 N–H and O–H groups in total. The van der Waals surface area contributed by atoms with Crippen LogP contribution >= 0.6 is 0 Å². The van der Waals surface area contributed by atoms with Crippen LogP contribution in [-0.4, -0.2) is 53.6 Å². The van der Waals surface area contributed by atoms with Crippen LogP contribution in [0.4, 0.5) is 0 Å². The lowest BCUT2D eigenvalue weighted by Gasteiger charge is -2.30. The molecule has 1 aliphatic heterocycles. The predicted octanol–water partition coefficient (Wildman–Crippen LogP) is 0.551. The number of hydrogen-bond acceptors (Lipinski definition) is 3. The Bertz CT molecular complexity index is 1060. The number of quaternary nitrogens is 1. The normalized spacial score (nSPS) is 18.1. The quantitative estimate of drug-likeness (QED) is 0.740. The molecular weight excluding hydrogens is 368 g/mol. The summed E-state index contributed by atoms with van der Waals surface area (Å²) in [6.07, 6.45) is 7.51. The van der Waals surface area contributed by atoms with Gasteiger partial charge in [0.2, 0.25) is 0 Å². The average Bonchev–Trinajstić information content (AvgIpc) is 2.74. The minimum atomic E-state index is -0.410. The summed E-state index contributed by atoms with van der Waals surface area (Å²) in [5.74, 6) is -0.0475. The lowest BCUT2D eigenvalue weighted by Crippen LogP contribution is -3.12. The van der Waals surface area contributed by atoms with Crippen LogP contribution in [-0.2, 0) is 6.54 Å². The first kappa shape index (κ1) is 19.6. The van der Waals surface area contributed by atoms with Gasteiger partial charge in [0.15, 0.2) is 0 Å². The summed E-state index contributed by atoms with van der Waals surface area (Å²) >= 11 is 0. The zero-order valence-electron chi connectivity index (χ0n) is 17.0. The molecule has 0 atom stereocenters. The third kappa shape index (κ3) is 4.19. The molecule has 1 fully saturated rings. The molecule has 0 unspecified atom stereocenters. The smallest absolute Gasteiger partial charge is 0.328 e. The summed E-state index contributed by atoms with van der Waals surface area (Å²) in [7, 11) is 2.12. The van der Waals surface area contributed by atoms with Crippen LogP contribution in [0, 0.1) is 0 Å². The minimum Gasteiger partial charge on any atom is -0.334 e. The molecular formula is C22H29N4O3+. The Hall–Kier alpha value is -2.67. The van der Waals surface area contributed by atoms with E-state index in [2.05, 4.69) is 18.1 Å². The number of rotatable bonds is 4. The van der Waals surface area contributed by atoms with Gasteiger partial charge >= 0.3 is 5.69 Å². The molecule has 1 aromatic heterocycles. The zero-order valence-corrected chi connectivity index (χ0v) is 17.0. The number of hydrogen-bond donors (Lipinski definition) is 2. The van der Waals surface area contributed by atoms with E-state index in [0.29, 0.717) is 23.0 Å². The van der Waals surface area contributed by atoms with Crippen molar-refractivity contribution in [2.75, 3.05) is 33.2 Å². The molecule has 1 aliphatic carbocycles. The first-order valence-corrected chi connectivity index (χ1v) is 10.6. The molecule has 2 aliphatic rings. The third-order valence-electron chi connectivity index (χ3n) is 6.17. The number of likely N-dealkylation sites (N-methyl/N-ethyl adjacent to an activating group) is 1. The van der Waals surface area contributed by atoms with Crippen LogP contribution in [0.1, 0.15) is 42.5 Å². The molecule has 0 radical (unpaired) electrons. The predicted molar refractivity (Wildman–Crippen MR) is 113 cm³/mol. The number of aromatic amines is 1. The first-order valence-electron chi connectivity index (χ1n) is 10.6. The lowest BCUT2D eigenvalue weighted by atomic mass is 9.97. The monoisotopic (exact) mass is 397 g/mol. The van der Waals surface area contributed by atoms with Crippen molar-refractivity contribution in [2.45, 2.75) is 38.6 Å². The number of amides is 1. The van der Waals surface area contributed by atoms with Gasteiger partial charge in [-0.1, -0.05) is 11.6 Å². The summed E-state index contributed by atoms with van der Waals surface area (Å²) in [5.41, 5.74) is 1.57. The van der Waals surface area contributed by atoms with Crippen LogP contribution in [0.3, 0.4) is 0 Å². The van der Waals surface area contributed by atoms with E-state index >= 15 is 0 Å². The van der Waals surface area contributed by atoms with Crippen LogP contribution in [0.15, 0.2) is 39.4 Å². The number of nitrogens with one attached hydrogen (secondary N) is 2. The van der Waals surface area contributed by atoms with Gasteiger partial charge in [-0.2, -0.15) is 0 Å². The Labute approximate surface area is 169 Å². The van der Waals surface area contributed by atoms with Crippen molar-refractivity contribution in [3.05, 3.63) is 56.2 Å². The molecule has 4 rings (SSSR count). The Kier molecular flexibility index (Phi) is 5.67. The molecule has 154 valence electrons. The maximum Gasteiger partial charge on any atom is 0.328 e. The fourth-order valence-electron chi connectivity index (χ4n) is 4.25. The highest BCUT2D eigenvalue weighted by atomic mass is 16.2. The Balaban J connectivity index is 1.58. The molecule has 0 spiro atoms. The van der Waals surface area contributed by atoms with Gasteiger partial charge in [-0.15, -0.1) is 0 Å². The SMILES string of the molecule is C[NH+]1CCN(C(=O)c2ccc3c(=O)n(CCC4=CCCCC4)c(=O)[nH]c3c2)CC1. The summed E-state index contributed by atoms with van der Waals surface area (Å²) in [6.45, 7) is 3.68. The second-order valence-electron chi connectivity index (χ2n) is 8.25. The number of carbonyl (C=O) groups is 1. The summed E-state index contributed by atoms with van der Waals surface area (Å²) in [4.78, 5) is 44.3. The van der Waals surface area contributed by atoms with E-state index in [-0.39, 0.29) is 11.5 Å². The molecule has 0 saturated carbocycles. The van der Waals surface area contributed by atoms with E-state index < -0.39 is 5.69 Å². The lowest BCUT2D eigenvalue weighted by molar-refractivity contribution is -0.883. The van der Waals surface area contributed by atoms with Gasteiger partial charge in [-0.05, 0) is 50.3 Å². The molecule has 1 amide bonds. The van der Waals surface area contributed by atoms with Gasteiger partial charge in [0.1, 0.15) is 0 Å². The molecule has 0 bridgehead atoms. The number of carbonyl (C=O) groups excluding carboxylic acids is 1. The van der Waals surface area contributed by atoms with Crippen molar-refractivity contribution >= 4 is 16.8 Å². The van der Waals surface area contributed by atoms with Gasteiger partial charge in [-0.3, -0.25) is 14.2 Å². The molecule has 29 heavy (non-hydrogen) atoms. The molecule has 7 nitrogen and oxygen atoms in total. The van der Waals surface area contributed by atoms with E-state index in [4.69, 9.17) is 0 Å². The average molecular weight is 397 g/mol. The second kappa shape index (κ2) is 8.37. The van der Waals surface area contributed by atoms with Gasteiger partial charge in [0.05, 0.1) is 44.1 Å². The standard InChI is InChI=1S/C22H28N4O3/c1-24-11-13-25(14-12-24)20(27)17-7-8-18-19(15-17)23-22(29)26(21(18)28)10-9-16-5-3-2-4-6-16/h5,7-8,15H,2-4,6,9-14H2,1H3,(H,23,29)/p+1. The second-order valence-corrected chi connectivity index (χ2v) is 8.25. The van der Waals surface area contributed by atoms with Crippen molar-refractivity contribution in [1.82, 2.24) is 14.5 Å². The molecule has 7 heteroatoms. The molecule has 1 saturated heterocycles. The largest absolute Gasteiger partial charge is 0.334 e. The van der Waals surface area contributed by atoms with Crippen molar-refractivity contribution in [1.29, 1.82) is 0 Å². The van der Waals surface area contributed by atoms with E-state index in [1.807, 2.05) is 4.90 Å². The van der Waals surface area contributed by atoms with Crippen LogP contribution in [0.5, 0.6) is 0 Å². The van der Waals surface area contributed by atoms with Gasteiger partial charge in [0, 0.05) is 12.1 Å². The van der Waals surface area contributed by atoms with E-state index in [9.17, 15) is 14.4 Å². The third-order valence-corrected chi connectivity index (χ3v) is 6.17. The van der Waals surface area contributed by atoms with Gasteiger partial charge in [-0.25, -0.2) is 4.79 Å². The van der Waals surface area contributed by atoms with Crippen LogP contribution in [0.25, 0.3) is 10.9 Å². The Morgan fingerprint density at radius 1 is 1.17 bits per heavy atom. The number of aromatic nitrogens is 2. The minimum absolute atomic E-state index is 0.0475. The molecule has 2 aromatic rings. The Morgan fingerprint density at radius 2 is 1.97 bits per heavy atom. The number of H-pyrrole nitrogens is 1. The summed E-state index contributed by atoms with van der Waals surface area (Å²) in [5, 5.41) is 0.446. The molecule has 1 aromatic carbocycles. The van der Waals surface area contributed by atoms with Gasteiger partial charge in [0.25, 0.3) is 11.5 Å². The maximum atomic E-state index is 12.9. The van der Waals surface area contributed by atoms with Crippen molar-refractivity contribution in [3.8, 4) is 0 Å². The van der Waals surface area contributed by atoms with Crippen molar-refractivity contribution < 1.29 is 9.69 Å². The van der Waals surface area contributed by atoms with Crippen LogP contribution < -0.4 is 16.1 Å². The summed E-state index contributed by atoms with van der Waals surface area (Å²) < 4.78 is 1.28. The number of allylic oxidation sites excluding steroid dienone is 2. The van der Waals surface area contributed by atoms with E-state index in [1.54, 1.807) is 18.2 Å². The van der Waals surface area contributed by atoms with Crippen molar-refractivity contribution in [2.24, 2.45) is 0 Å². The zero-order chi connectivity index (χ0) is 20.4. The van der Waals surface area contributed by atoms with E-state index in [1.165, 1.54) is 27.9 Å². The topological polar surface area (TPSA) is 79.6 Å². The fraction of sp³-hybridized carbons (Fsp3) is 0.500. The summed E-state index contributed by atoms with van der Waals surface area (Å²) in [6, 6.07) is 5.00. The first-order chi connectivity index (χ1) is 14.0. The maximum absolute atomic E-state index is 12.9. The highest BCUT2D eigenvalue weighted by Crippen LogP contribution is 2.20. The highest BCUT2D eigenvalue weighted by molar-refractivity contribution is 5.97. The van der Waals surface area contributed by atoms with Crippen molar-refractivity contribution in [3.63, 3.8) is 0 Å². The van der Waals surface area contributed by atoms with Gasteiger partial charge < -0.3 is 14.8 Å². The highest BCUT2D eigenvalue weighted by Gasteiger charge is 2.23. The number of fused-ring (bicyclic) bond motifs is 1. The van der Waals surface area contributed by atoms with E-state index in [0.717, 1.165) is 45.4 Å². The Morgan fingerprint density at radius 3 is 2.69 bits per heavy atom. The fourth-order valence-corrected chi connectivity index (χ4v) is 4.25. The number of nitrogens with zero attached hydrogens (tertiary/aromatic N) is 2.